The molecular formula is C16H10BrFN2O5S. The minimum absolute atomic E-state index is 0.0147. The van der Waals surface area contributed by atoms with Crippen LogP contribution in [0.25, 0.3) is 0 Å². The molecule has 10 heteroatoms. The van der Waals surface area contributed by atoms with Gasteiger partial charge in [-0.2, -0.15) is 0 Å². The molecule has 2 amide bonds. The molecule has 26 heavy (non-hydrogen) atoms. The smallest absolute Gasteiger partial charge is 0.412 e. The van der Waals surface area contributed by atoms with Crippen molar-refractivity contribution in [2.24, 2.45) is 0 Å². The molecule has 0 radical (unpaired) electrons. The summed E-state index contributed by atoms with van der Waals surface area (Å²) in [6, 6.07) is 9.83. The van der Waals surface area contributed by atoms with E-state index in [4.69, 9.17) is 4.74 Å². The first kappa shape index (κ1) is 17.1. The minimum Gasteiger partial charge on any atom is -0.412 e. The van der Waals surface area contributed by atoms with Crippen LogP contribution in [0.15, 0.2) is 51.8 Å². The number of carbonyl (C=O) groups excluding carboxylic acids is 2. The van der Waals surface area contributed by atoms with Crippen LogP contribution in [0.3, 0.4) is 0 Å². The molecule has 2 aromatic carbocycles. The van der Waals surface area contributed by atoms with Crippen molar-refractivity contribution in [2.45, 2.75) is 17.2 Å². The molecule has 2 heterocycles. The Bertz CT molecular complexity index is 1070. The molecular weight excluding hydrogens is 431 g/mol. The third-order valence-corrected chi connectivity index (χ3v) is 6.64. The van der Waals surface area contributed by atoms with Gasteiger partial charge in [-0.05, 0) is 18.2 Å². The number of nitrogens with zero attached hydrogens (tertiary/aromatic N) is 1. The first-order chi connectivity index (χ1) is 12.3. The summed E-state index contributed by atoms with van der Waals surface area (Å²) < 4.78 is 46.6. The molecule has 4 rings (SSSR count). The number of nitrogens with one attached hydrogen (secondary N) is 1. The number of halogens is 2. The summed E-state index contributed by atoms with van der Waals surface area (Å²) in [6.45, 7) is -0.489. The number of sulfonamides is 1. The van der Waals surface area contributed by atoms with Gasteiger partial charge in [0, 0.05) is 22.1 Å². The van der Waals surface area contributed by atoms with Crippen molar-refractivity contribution in [2.75, 3.05) is 0 Å². The van der Waals surface area contributed by atoms with Gasteiger partial charge < -0.3 is 4.74 Å². The zero-order chi connectivity index (χ0) is 18.7. The van der Waals surface area contributed by atoms with E-state index < -0.39 is 40.1 Å². The Morgan fingerprint density at radius 3 is 2.58 bits per heavy atom. The second kappa shape index (κ2) is 5.60. The highest BCUT2D eigenvalue weighted by atomic mass is 79.9. The van der Waals surface area contributed by atoms with Gasteiger partial charge in [0.25, 0.3) is 11.6 Å². The number of imide groups is 1. The summed E-state index contributed by atoms with van der Waals surface area (Å²) in [6.07, 6.45) is -1.07. The average Bonchev–Trinajstić information content (AvgIpc) is 2.97. The lowest BCUT2D eigenvalue weighted by Gasteiger charge is -2.29. The Balaban J connectivity index is 1.92. The van der Waals surface area contributed by atoms with Crippen molar-refractivity contribution in [3.05, 3.63) is 63.9 Å². The molecule has 1 N–H and O–H groups in total. The molecule has 1 spiro atoms. The summed E-state index contributed by atoms with van der Waals surface area (Å²) in [5, 5.41) is 1.96. The van der Waals surface area contributed by atoms with E-state index in [1.54, 1.807) is 6.07 Å². The average molecular weight is 441 g/mol. The number of hydrogen-bond donors (Lipinski definition) is 1. The largest absolute Gasteiger partial charge is 0.416 e. The lowest BCUT2D eigenvalue weighted by atomic mass is 10.0. The number of carbonyl (C=O) groups is 2. The van der Waals surface area contributed by atoms with Crippen LogP contribution in [0, 0.1) is 5.82 Å². The van der Waals surface area contributed by atoms with Crippen LogP contribution in [0.5, 0.6) is 0 Å². The lowest BCUT2D eigenvalue weighted by molar-refractivity contribution is -0.143. The lowest BCUT2D eigenvalue weighted by Crippen LogP contribution is -2.49. The van der Waals surface area contributed by atoms with E-state index >= 15 is 0 Å². The van der Waals surface area contributed by atoms with E-state index in [9.17, 15) is 22.4 Å². The molecule has 7 nitrogen and oxygen atoms in total. The molecule has 0 aromatic heterocycles. The molecule has 134 valence electrons. The van der Waals surface area contributed by atoms with Crippen LogP contribution in [-0.4, -0.2) is 24.7 Å². The Kier molecular flexibility index (Phi) is 3.69. The summed E-state index contributed by atoms with van der Waals surface area (Å²) in [5.41, 5.74) is -2.15. The SMILES string of the molecule is O=C1NC(=O)C2(O1)c1ccccc1S(=O)(=O)N2Cc1ccc(Br)cc1F. The highest BCUT2D eigenvalue weighted by molar-refractivity contribution is 9.10. The standard InChI is InChI=1S/C16H10BrFN2O5S/c17-10-6-5-9(12(18)7-10)8-20-16(14(21)19-15(22)25-16)11-3-1-2-4-13(11)26(20,23)24/h1-7H,8H2,(H,19,21,22). The van der Waals surface area contributed by atoms with E-state index in [0.717, 1.165) is 0 Å². The zero-order valence-corrected chi connectivity index (χ0v) is 15.3. The quantitative estimate of drug-likeness (QED) is 0.772. The summed E-state index contributed by atoms with van der Waals surface area (Å²) in [5.74, 6) is -1.60. The highest BCUT2D eigenvalue weighted by Crippen LogP contribution is 2.48. The van der Waals surface area contributed by atoms with Crippen LogP contribution in [0.1, 0.15) is 11.1 Å². The van der Waals surface area contributed by atoms with Crippen molar-refractivity contribution in [1.29, 1.82) is 0 Å². The van der Waals surface area contributed by atoms with E-state index in [1.807, 2.05) is 5.32 Å². The number of rotatable bonds is 2. The predicted octanol–water partition coefficient (Wildman–Crippen LogP) is 2.21. The number of amides is 2. The summed E-state index contributed by atoms with van der Waals surface area (Å²) in [4.78, 5) is 24.1. The summed E-state index contributed by atoms with van der Waals surface area (Å²) in [7, 11) is -4.20. The monoisotopic (exact) mass is 440 g/mol. The topological polar surface area (TPSA) is 92.8 Å². The molecule has 1 fully saturated rings. The van der Waals surface area contributed by atoms with Crippen molar-refractivity contribution in [3.8, 4) is 0 Å². The fourth-order valence-electron chi connectivity index (χ4n) is 3.12. The van der Waals surface area contributed by atoms with Gasteiger partial charge >= 0.3 is 6.09 Å². The van der Waals surface area contributed by atoms with Gasteiger partial charge in [0.2, 0.25) is 10.0 Å². The number of ether oxygens (including phenoxy) is 1. The van der Waals surface area contributed by atoms with Crippen LogP contribution < -0.4 is 5.32 Å². The van der Waals surface area contributed by atoms with Crippen molar-refractivity contribution in [1.82, 2.24) is 9.62 Å². The molecule has 2 aromatic rings. The Morgan fingerprint density at radius 2 is 1.92 bits per heavy atom. The van der Waals surface area contributed by atoms with Crippen LogP contribution in [0.2, 0.25) is 0 Å². The van der Waals surface area contributed by atoms with Crippen LogP contribution >= 0.6 is 15.9 Å². The van der Waals surface area contributed by atoms with Gasteiger partial charge in [0.05, 0.1) is 4.90 Å². The molecule has 0 bridgehead atoms. The minimum atomic E-state index is -4.20. The third-order valence-electron chi connectivity index (χ3n) is 4.26. The molecule has 2 aliphatic heterocycles. The first-order valence-electron chi connectivity index (χ1n) is 7.37. The number of benzene rings is 2. The third kappa shape index (κ3) is 2.22. The van der Waals surface area contributed by atoms with Gasteiger partial charge in [0.1, 0.15) is 5.82 Å². The maximum absolute atomic E-state index is 14.3. The van der Waals surface area contributed by atoms with Gasteiger partial charge in [0.15, 0.2) is 0 Å². The Hall–Kier alpha value is -2.30. The van der Waals surface area contributed by atoms with E-state index in [1.165, 1.54) is 36.4 Å². The predicted molar refractivity (Wildman–Crippen MR) is 89.6 cm³/mol. The van der Waals surface area contributed by atoms with E-state index in [2.05, 4.69) is 15.9 Å². The fourth-order valence-corrected chi connectivity index (χ4v) is 5.29. The maximum Gasteiger partial charge on any atom is 0.416 e. The van der Waals surface area contributed by atoms with Crippen LogP contribution in [-0.2, 0) is 31.8 Å². The molecule has 1 unspecified atom stereocenters. The zero-order valence-electron chi connectivity index (χ0n) is 12.9. The molecule has 2 aliphatic rings. The molecule has 1 saturated heterocycles. The summed E-state index contributed by atoms with van der Waals surface area (Å²) >= 11 is 3.13. The normalized spacial score (nSPS) is 23.8. The number of alkyl carbamates (subject to hydrolysis) is 1. The Morgan fingerprint density at radius 1 is 1.19 bits per heavy atom. The van der Waals surface area contributed by atoms with E-state index in [0.29, 0.717) is 8.78 Å². The fraction of sp³-hybridized carbons (Fsp3) is 0.125. The van der Waals surface area contributed by atoms with Gasteiger partial charge in [-0.1, -0.05) is 40.2 Å². The Labute approximate surface area is 155 Å². The first-order valence-corrected chi connectivity index (χ1v) is 9.61. The molecule has 1 atom stereocenters. The van der Waals surface area contributed by atoms with Crippen molar-refractivity contribution < 1.29 is 27.1 Å². The van der Waals surface area contributed by atoms with Crippen molar-refractivity contribution >= 4 is 38.0 Å². The maximum atomic E-state index is 14.3. The second-order valence-electron chi connectivity index (χ2n) is 5.73. The van der Waals surface area contributed by atoms with Gasteiger partial charge in [-0.25, -0.2) is 17.6 Å². The van der Waals surface area contributed by atoms with Crippen molar-refractivity contribution in [3.63, 3.8) is 0 Å². The van der Waals surface area contributed by atoms with Gasteiger partial charge in [-0.3, -0.25) is 10.1 Å². The van der Waals surface area contributed by atoms with Crippen LogP contribution in [0.4, 0.5) is 9.18 Å². The number of fused-ring (bicyclic) bond motifs is 2. The van der Waals surface area contributed by atoms with Gasteiger partial charge in [-0.15, -0.1) is 4.31 Å². The molecule has 0 aliphatic carbocycles. The van der Waals surface area contributed by atoms with E-state index in [-0.39, 0.29) is 16.0 Å². The highest BCUT2D eigenvalue weighted by Gasteiger charge is 2.65. The second-order valence-corrected chi connectivity index (χ2v) is 8.48. The number of hydrogen-bond acceptors (Lipinski definition) is 5. The molecule has 0 saturated carbocycles.